The van der Waals surface area contributed by atoms with Crippen LogP contribution in [0.5, 0.6) is 0 Å². The fourth-order valence-electron chi connectivity index (χ4n) is 1.49. The molecule has 0 saturated heterocycles. The quantitative estimate of drug-likeness (QED) is 0.897. The highest BCUT2D eigenvalue weighted by Crippen LogP contribution is 2.16. The van der Waals surface area contributed by atoms with Crippen LogP contribution in [0.4, 0.5) is 4.39 Å². The Morgan fingerprint density at radius 3 is 2.50 bits per heavy atom. The van der Waals surface area contributed by atoms with Crippen molar-refractivity contribution in [3.63, 3.8) is 0 Å². The van der Waals surface area contributed by atoms with E-state index in [1.807, 2.05) is 0 Å². The van der Waals surface area contributed by atoms with E-state index in [9.17, 15) is 14.0 Å². The molecule has 0 fully saturated rings. The molecular weight excluding hydrogens is 305 g/mol. The molecule has 0 unspecified atom stereocenters. The Labute approximate surface area is 112 Å². The fourth-order valence-corrected chi connectivity index (χ4v) is 1.95. The van der Waals surface area contributed by atoms with Gasteiger partial charge >= 0.3 is 5.97 Å². The summed E-state index contributed by atoms with van der Waals surface area (Å²) in [6.07, 6.45) is -0.213. The van der Waals surface area contributed by atoms with E-state index in [-0.39, 0.29) is 12.0 Å². The van der Waals surface area contributed by atoms with Crippen LogP contribution in [0.3, 0.4) is 0 Å². The molecule has 0 saturated carbocycles. The molecule has 18 heavy (non-hydrogen) atoms. The Kier molecular flexibility index (Phi) is 4.45. The van der Waals surface area contributed by atoms with Gasteiger partial charge in [-0.15, -0.1) is 0 Å². The van der Waals surface area contributed by atoms with E-state index in [0.29, 0.717) is 4.47 Å². The summed E-state index contributed by atoms with van der Waals surface area (Å²) < 4.78 is 13.6. The van der Waals surface area contributed by atoms with Crippen molar-refractivity contribution >= 4 is 27.8 Å². The Morgan fingerprint density at radius 1 is 1.39 bits per heavy atom. The molecule has 0 aliphatic heterocycles. The predicted octanol–water partition coefficient (Wildman–Crippen LogP) is 2.57. The lowest BCUT2D eigenvalue weighted by Crippen LogP contribution is -2.44. The lowest BCUT2D eigenvalue weighted by Gasteiger charge is -2.24. The summed E-state index contributed by atoms with van der Waals surface area (Å²) in [5.41, 5.74) is -0.762. The minimum absolute atomic E-state index is 0.139. The molecule has 0 bridgehead atoms. The first-order valence-electron chi connectivity index (χ1n) is 5.20. The number of nitrogens with one attached hydrogen (secondary N) is 1. The first-order chi connectivity index (χ1) is 8.19. The third-order valence-electron chi connectivity index (χ3n) is 2.17. The highest BCUT2D eigenvalue weighted by Gasteiger charge is 2.24. The number of carboxylic acid groups (broad SMARTS) is 1. The van der Waals surface area contributed by atoms with Gasteiger partial charge in [0.15, 0.2) is 0 Å². The van der Waals surface area contributed by atoms with Gasteiger partial charge in [0.1, 0.15) is 5.82 Å². The van der Waals surface area contributed by atoms with E-state index in [1.54, 1.807) is 13.8 Å². The molecule has 1 aromatic rings. The zero-order valence-electron chi connectivity index (χ0n) is 9.96. The van der Waals surface area contributed by atoms with Gasteiger partial charge in [-0.25, -0.2) is 4.39 Å². The summed E-state index contributed by atoms with van der Waals surface area (Å²) in [5, 5.41) is 11.3. The first kappa shape index (κ1) is 14.6. The molecule has 0 aliphatic carbocycles. The Morgan fingerprint density at radius 2 is 2.00 bits per heavy atom. The molecule has 98 valence electrons. The summed E-state index contributed by atoms with van der Waals surface area (Å²) in [5.74, 6) is -2.06. The second kappa shape index (κ2) is 5.48. The number of amides is 1. The van der Waals surface area contributed by atoms with Gasteiger partial charge in [0.2, 0.25) is 0 Å². The highest BCUT2D eigenvalue weighted by atomic mass is 79.9. The second-order valence-corrected chi connectivity index (χ2v) is 5.48. The average Bonchev–Trinajstić information content (AvgIpc) is 2.12. The van der Waals surface area contributed by atoms with Crippen LogP contribution >= 0.6 is 15.9 Å². The molecule has 6 heteroatoms. The molecule has 0 aromatic heterocycles. The van der Waals surface area contributed by atoms with Gasteiger partial charge in [-0.05, 0) is 32.0 Å². The van der Waals surface area contributed by atoms with Crippen LogP contribution in [-0.2, 0) is 4.79 Å². The first-order valence-corrected chi connectivity index (χ1v) is 5.99. The van der Waals surface area contributed by atoms with Gasteiger partial charge < -0.3 is 10.4 Å². The average molecular weight is 318 g/mol. The van der Waals surface area contributed by atoms with Crippen LogP contribution in [0.15, 0.2) is 22.7 Å². The van der Waals surface area contributed by atoms with Crippen LogP contribution in [0.1, 0.15) is 30.6 Å². The minimum Gasteiger partial charge on any atom is -0.481 e. The van der Waals surface area contributed by atoms with E-state index in [4.69, 9.17) is 5.11 Å². The zero-order chi connectivity index (χ0) is 13.9. The number of carbonyl (C=O) groups excluding carboxylic acids is 1. The molecule has 0 spiro atoms. The molecule has 0 radical (unpaired) electrons. The van der Waals surface area contributed by atoms with Gasteiger partial charge in [0, 0.05) is 15.6 Å². The topological polar surface area (TPSA) is 66.4 Å². The van der Waals surface area contributed by atoms with Gasteiger partial charge in [0.25, 0.3) is 5.91 Å². The van der Waals surface area contributed by atoms with Crippen molar-refractivity contribution in [3.05, 3.63) is 34.1 Å². The second-order valence-electron chi connectivity index (χ2n) is 4.57. The number of aliphatic carboxylic acids is 1. The van der Waals surface area contributed by atoms with Crippen molar-refractivity contribution in [1.82, 2.24) is 5.32 Å². The summed E-state index contributed by atoms with van der Waals surface area (Å²) in [7, 11) is 0. The number of hydrogen-bond donors (Lipinski definition) is 2. The van der Waals surface area contributed by atoms with Gasteiger partial charge in [0.05, 0.1) is 6.42 Å². The van der Waals surface area contributed by atoms with Crippen LogP contribution in [0.25, 0.3) is 0 Å². The fraction of sp³-hybridized carbons (Fsp3) is 0.333. The zero-order valence-corrected chi connectivity index (χ0v) is 11.5. The summed E-state index contributed by atoms with van der Waals surface area (Å²) >= 11 is 3.09. The van der Waals surface area contributed by atoms with E-state index in [2.05, 4.69) is 21.2 Å². The maximum atomic E-state index is 13.1. The molecule has 2 N–H and O–H groups in total. The van der Waals surface area contributed by atoms with Crippen LogP contribution in [0, 0.1) is 5.82 Å². The molecular formula is C12H13BrFNO3. The largest absolute Gasteiger partial charge is 0.481 e. The Hall–Kier alpha value is -1.43. The van der Waals surface area contributed by atoms with Crippen molar-refractivity contribution < 1.29 is 19.1 Å². The summed E-state index contributed by atoms with van der Waals surface area (Å²) in [6, 6.07) is 3.80. The smallest absolute Gasteiger partial charge is 0.305 e. The number of carboxylic acids is 1. The molecule has 4 nitrogen and oxygen atoms in total. The maximum absolute atomic E-state index is 13.1. The number of carbonyl (C=O) groups is 2. The van der Waals surface area contributed by atoms with E-state index in [0.717, 1.165) is 6.07 Å². The van der Waals surface area contributed by atoms with E-state index in [1.165, 1.54) is 12.1 Å². The van der Waals surface area contributed by atoms with Crippen molar-refractivity contribution in [2.24, 2.45) is 0 Å². The Balaban J connectivity index is 2.85. The van der Waals surface area contributed by atoms with Crippen LogP contribution in [0.2, 0.25) is 0 Å². The molecule has 1 aromatic carbocycles. The summed E-state index contributed by atoms with van der Waals surface area (Å²) in [6.45, 7) is 3.18. The normalized spacial score (nSPS) is 11.1. The minimum atomic E-state index is -1.01. The molecule has 0 aliphatic rings. The third kappa shape index (κ3) is 4.44. The number of halogens is 2. The van der Waals surface area contributed by atoms with E-state index < -0.39 is 23.2 Å². The van der Waals surface area contributed by atoms with Crippen molar-refractivity contribution in [2.75, 3.05) is 0 Å². The number of rotatable bonds is 4. The highest BCUT2D eigenvalue weighted by molar-refractivity contribution is 9.10. The van der Waals surface area contributed by atoms with Gasteiger partial charge in [-0.3, -0.25) is 9.59 Å². The van der Waals surface area contributed by atoms with Crippen molar-refractivity contribution in [3.8, 4) is 0 Å². The SMILES string of the molecule is CC(C)(CC(=O)O)NC(=O)c1cc(F)cc(Br)c1. The summed E-state index contributed by atoms with van der Waals surface area (Å²) in [4.78, 5) is 22.5. The molecule has 0 heterocycles. The maximum Gasteiger partial charge on any atom is 0.305 e. The third-order valence-corrected chi connectivity index (χ3v) is 2.63. The standard InChI is InChI=1S/C12H13BrFNO3/c1-12(2,6-10(16)17)15-11(18)7-3-8(13)5-9(14)4-7/h3-5H,6H2,1-2H3,(H,15,18)(H,16,17). The van der Waals surface area contributed by atoms with Crippen LogP contribution < -0.4 is 5.32 Å². The predicted molar refractivity (Wildman–Crippen MR) is 67.9 cm³/mol. The van der Waals surface area contributed by atoms with E-state index >= 15 is 0 Å². The number of hydrogen-bond acceptors (Lipinski definition) is 2. The van der Waals surface area contributed by atoms with Gasteiger partial charge in [-0.1, -0.05) is 15.9 Å². The van der Waals surface area contributed by atoms with Gasteiger partial charge in [-0.2, -0.15) is 0 Å². The number of benzene rings is 1. The van der Waals surface area contributed by atoms with Crippen molar-refractivity contribution in [2.45, 2.75) is 25.8 Å². The lowest BCUT2D eigenvalue weighted by molar-refractivity contribution is -0.138. The Bertz CT molecular complexity index is 468. The van der Waals surface area contributed by atoms with Crippen molar-refractivity contribution in [1.29, 1.82) is 0 Å². The molecule has 1 rings (SSSR count). The lowest BCUT2D eigenvalue weighted by atomic mass is 10.00. The van der Waals surface area contributed by atoms with Crippen LogP contribution in [-0.4, -0.2) is 22.5 Å². The molecule has 1 amide bonds. The monoisotopic (exact) mass is 317 g/mol. The molecule has 0 atom stereocenters.